The van der Waals surface area contributed by atoms with Crippen molar-refractivity contribution in [3.05, 3.63) is 156 Å². The quantitative estimate of drug-likeness (QED) is 0.0485. The number of ether oxygens (including phenoxy) is 11. The summed E-state index contributed by atoms with van der Waals surface area (Å²) in [7, 11) is 0. The third-order valence-electron chi connectivity index (χ3n) is 10.2. The first-order valence-corrected chi connectivity index (χ1v) is 20.9. The maximum Gasteiger partial charge on any atom is 0.303 e. The first kappa shape index (κ1) is 47.2. The number of carbonyl (C=O) groups is 3. The van der Waals surface area contributed by atoms with E-state index in [-0.39, 0.29) is 46.2 Å². The van der Waals surface area contributed by atoms with E-state index < -0.39 is 79.3 Å². The molecule has 14 nitrogen and oxygen atoms in total. The van der Waals surface area contributed by atoms with Crippen molar-refractivity contribution < 1.29 is 66.5 Å². The molecule has 6 rings (SSSR count). The minimum Gasteiger partial charge on any atom is -0.463 e. The minimum absolute atomic E-state index is 0.0208. The predicted octanol–water partition coefficient (Wildman–Crippen LogP) is 6.42. The van der Waals surface area contributed by atoms with E-state index in [2.05, 4.69) is 6.58 Å². The molecule has 336 valence electrons. The summed E-state index contributed by atoms with van der Waals surface area (Å²) in [6, 6.07) is 38.7. The highest BCUT2D eigenvalue weighted by Gasteiger charge is 2.56. The summed E-state index contributed by atoms with van der Waals surface area (Å²) in [5.74, 6) is -2.01. The maximum absolute atomic E-state index is 12.8. The van der Waals surface area contributed by atoms with Gasteiger partial charge in [-0.2, -0.15) is 0 Å². The average molecular weight is 869 g/mol. The molecule has 10 atom stereocenters. The van der Waals surface area contributed by atoms with Gasteiger partial charge in [0.1, 0.15) is 43.2 Å². The van der Waals surface area contributed by atoms with E-state index >= 15 is 0 Å². The Hall–Kier alpha value is -5.29. The van der Waals surface area contributed by atoms with Gasteiger partial charge >= 0.3 is 17.9 Å². The number of benzene rings is 4. The highest BCUT2D eigenvalue weighted by molar-refractivity contribution is 5.67. The smallest absolute Gasteiger partial charge is 0.303 e. The Bertz CT molecular complexity index is 1980. The molecule has 2 fully saturated rings. The van der Waals surface area contributed by atoms with Crippen molar-refractivity contribution >= 4 is 17.9 Å². The van der Waals surface area contributed by atoms with E-state index in [0.717, 1.165) is 22.3 Å². The van der Waals surface area contributed by atoms with Crippen LogP contribution < -0.4 is 0 Å². The first-order chi connectivity index (χ1) is 30.7. The Morgan fingerprint density at radius 3 is 1.43 bits per heavy atom. The van der Waals surface area contributed by atoms with E-state index in [9.17, 15) is 14.4 Å². The topological polar surface area (TPSA) is 153 Å². The normalized spacial score (nSPS) is 25.7. The van der Waals surface area contributed by atoms with Gasteiger partial charge in [0.25, 0.3) is 0 Å². The summed E-state index contributed by atoms with van der Waals surface area (Å²) in [5.41, 5.74) is 3.62. The molecule has 4 aromatic carbocycles. The van der Waals surface area contributed by atoms with Gasteiger partial charge in [0.05, 0.1) is 39.6 Å². The summed E-state index contributed by atoms with van der Waals surface area (Å²) in [6.45, 7) is 7.80. The van der Waals surface area contributed by atoms with Crippen molar-refractivity contribution in [2.75, 3.05) is 19.8 Å². The molecule has 63 heavy (non-hydrogen) atoms. The lowest BCUT2D eigenvalue weighted by molar-refractivity contribution is -0.371. The summed E-state index contributed by atoms with van der Waals surface area (Å²) in [6.07, 6.45) is -9.87. The lowest BCUT2D eigenvalue weighted by Gasteiger charge is -2.49. The van der Waals surface area contributed by atoms with E-state index in [1.54, 1.807) is 0 Å². The lowest BCUT2D eigenvalue weighted by Crippen LogP contribution is -2.67. The highest BCUT2D eigenvalue weighted by atomic mass is 16.8. The minimum atomic E-state index is -1.35. The fourth-order valence-electron chi connectivity index (χ4n) is 7.33. The Morgan fingerprint density at radius 2 is 0.937 bits per heavy atom. The second-order valence-corrected chi connectivity index (χ2v) is 15.0. The fraction of sp³-hybridized carbons (Fsp3) is 0.408. The standard InChI is InChI=1S/C49H56O14/c1-5-26-54-48-47(60-35(4)52)45(43(59-34(3)51)41(61-48)32-55-33(2)50)63-49-46(58-30-39-24-16-9-17-25-39)44(57-29-38-22-14-8-15-23-38)42(56-28-37-20-12-7-13-21-37)40(62-49)31-53-27-36-18-10-6-11-19-36/h5-25,40-49H,1,26-32H2,2-4H3/t40-,41-,42-,43-,44+,45+,46-,47-,48-,49-/m1/s1. The van der Waals surface area contributed by atoms with Gasteiger partial charge in [0.2, 0.25) is 0 Å². The second-order valence-electron chi connectivity index (χ2n) is 15.0. The van der Waals surface area contributed by atoms with Crippen molar-refractivity contribution in [2.45, 2.75) is 109 Å². The summed E-state index contributed by atoms with van der Waals surface area (Å²) in [5, 5.41) is 0. The van der Waals surface area contributed by atoms with Crippen LogP contribution in [0.3, 0.4) is 0 Å². The molecule has 14 heteroatoms. The third-order valence-corrected chi connectivity index (χ3v) is 10.2. The predicted molar refractivity (Wildman–Crippen MR) is 227 cm³/mol. The lowest BCUT2D eigenvalue weighted by atomic mass is 9.95. The van der Waals surface area contributed by atoms with E-state index in [4.69, 9.17) is 52.1 Å². The maximum atomic E-state index is 12.8. The third kappa shape index (κ3) is 14.4. The van der Waals surface area contributed by atoms with Crippen LogP contribution in [0.25, 0.3) is 0 Å². The molecule has 4 aromatic rings. The molecule has 2 aliphatic heterocycles. The van der Waals surface area contributed by atoms with Gasteiger partial charge in [0, 0.05) is 20.8 Å². The highest BCUT2D eigenvalue weighted by Crippen LogP contribution is 2.36. The van der Waals surface area contributed by atoms with E-state index in [1.807, 2.05) is 121 Å². The molecule has 0 amide bonds. The molecule has 0 radical (unpaired) electrons. The van der Waals surface area contributed by atoms with Crippen molar-refractivity contribution in [1.82, 2.24) is 0 Å². The molecule has 0 aliphatic carbocycles. The van der Waals surface area contributed by atoms with Crippen LogP contribution in [0.2, 0.25) is 0 Å². The number of hydrogen-bond donors (Lipinski definition) is 0. The fourth-order valence-corrected chi connectivity index (χ4v) is 7.33. The zero-order valence-corrected chi connectivity index (χ0v) is 35.8. The van der Waals surface area contributed by atoms with Crippen LogP contribution >= 0.6 is 0 Å². The molecular weight excluding hydrogens is 813 g/mol. The van der Waals surface area contributed by atoms with Crippen molar-refractivity contribution in [3.8, 4) is 0 Å². The molecule has 2 heterocycles. The molecule has 0 unspecified atom stereocenters. The number of rotatable bonds is 22. The van der Waals surface area contributed by atoms with Crippen LogP contribution in [0.15, 0.2) is 134 Å². The van der Waals surface area contributed by atoms with Gasteiger partial charge in [-0.05, 0) is 22.3 Å². The van der Waals surface area contributed by atoms with Crippen LogP contribution in [0.1, 0.15) is 43.0 Å². The summed E-state index contributed by atoms with van der Waals surface area (Å²) in [4.78, 5) is 37.7. The van der Waals surface area contributed by atoms with Crippen molar-refractivity contribution in [2.24, 2.45) is 0 Å². The largest absolute Gasteiger partial charge is 0.463 e. The summed E-state index contributed by atoms with van der Waals surface area (Å²) >= 11 is 0. The van der Waals surface area contributed by atoms with Crippen LogP contribution in [0.4, 0.5) is 0 Å². The van der Waals surface area contributed by atoms with E-state index in [0.29, 0.717) is 0 Å². The Morgan fingerprint density at radius 1 is 0.492 bits per heavy atom. The number of hydrogen-bond acceptors (Lipinski definition) is 14. The molecule has 0 saturated carbocycles. The number of esters is 3. The van der Waals surface area contributed by atoms with Crippen LogP contribution in [0.5, 0.6) is 0 Å². The summed E-state index contributed by atoms with van der Waals surface area (Å²) < 4.78 is 70.0. The van der Waals surface area contributed by atoms with Gasteiger partial charge in [0.15, 0.2) is 24.8 Å². The van der Waals surface area contributed by atoms with Crippen LogP contribution in [0, 0.1) is 0 Å². The van der Waals surface area contributed by atoms with Crippen molar-refractivity contribution in [1.29, 1.82) is 0 Å². The Balaban J connectivity index is 1.44. The second kappa shape index (κ2) is 24.5. The van der Waals surface area contributed by atoms with Crippen molar-refractivity contribution in [3.63, 3.8) is 0 Å². The molecule has 0 spiro atoms. The van der Waals surface area contributed by atoms with Crippen LogP contribution in [-0.2, 0) is 92.9 Å². The first-order valence-electron chi connectivity index (χ1n) is 20.9. The van der Waals surface area contributed by atoms with Gasteiger partial charge in [-0.1, -0.05) is 127 Å². The van der Waals surface area contributed by atoms with Crippen LogP contribution in [-0.4, -0.2) is 99.1 Å². The zero-order valence-electron chi connectivity index (χ0n) is 35.8. The van der Waals surface area contributed by atoms with Gasteiger partial charge in [-0.25, -0.2) is 0 Å². The zero-order chi connectivity index (χ0) is 44.4. The molecule has 0 N–H and O–H groups in total. The Kier molecular flexibility index (Phi) is 18.4. The average Bonchev–Trinajstić information content (AvgIpc) is 3.28. The van der Waals surface area contributed by atoms with Gasteiger partial charge in [-0.15, -0.1) is 6.58 Å². The monoisotopic (exact) mass is 868 g/mol. The SMILES string of the molecule is C=CCO[C@@H]1O[C@H](COC(C)=O)[C@@H](OC(C)=O)[C@H](O[C@H]2O[C@H](COCc3ccccc3)[C@@H](OCc3ccccc3)[C@H](OCc3ccccc3)[C@H]2OCc2ccccc2)[C@H]1OC(C)=O. The molecule has 0 aromatic heterocycles. The Labute approximate surface area is 368 Å². The molecular formula is C49H56O14. The molecule has 2 aliphatic rings. The number of carbonyl (C=O) groups excluding carboxylic acids is 3. The molecule has 0 bridgehead atoms. The van der Waals surface area contributed by atoms with E-state index in [1.165, 1.54) is 26.8 Å². The molecule has 2 saturated heterocycles. The van der Waals surface area contributed by atoms with Gasteiger partial charge in [-0.3, -0.25) is 14.4 Å². The van der Waals surface area contributed by atoms with Gasteiger partial charge < -0.3 is 52.1 Å².